The van der Waals surface area contributed by atoms with Gasteiger partial charge in [-0.2, -0.15) is 0 Å². The van der Waals surface area contributed by atoms with Gasteiger partial charge in [-0.05, 0) is 17.7 Å². The Labute approximate surface area is 122 Å². The van der Waals surface area contributed by atoms with E-state index in [1.54, 1.807) is 25.7 Å². The number of methoxy groups -OCH3 is 1. The Morgan fingerprint density at radius 3 is 2.67 bits per heavy atom. The van der Waals surface area contributed by atoms with Crippen molar-refractivity contribution >= 4 is 10.9 Å². The number of benzene rings is 1. The highest BCUT2D eigenvalue weighted by Gasteiger charge is 2.21. The molecule has 0 aliphatic rings. The molecular formula is C15H15N5O. The normalized spacial score (nSPS) is 12.3. The van der Waals surface area contributed by atoms with Crippen LogP contribution < -0.4 is 16.0 Å². The van der Waals surface area contributed by atoms with E-state index >= 15 is 0 Å². The first-order valence-electron chi connectivity index (χ1n) is 6.50. The minimum absolute atomic E-state index is 0.332. The molecule has 0 spiro atoms. The van der Waals surface area contributed by atoms with Crippen molar-refractivity contribution < 1.29 is 4.74 Å². The molecule has 6 nitrogen and oxygen atoms in total. The Bertz CT molecular complexity index is 756. The number of hydrogen-bond acceptors (Lipinski definition) is 6. The van der Waals surface area contributed by atoms with Gasteiger partial charge < -0.3 is 4.74 Å². The third-order valence-corrected chi connectivity index (χ3v) is 3.32. The highest BCUT2D eigenvalue weighted by Crippen LogP contribution is 2.29. The Morgan fingerprint density at radius 2 is 1.86 bits per heavy atom. The van der Waals surface area contributed by atoms with E-state index in [4.69, 9.17) is 10.6 Å². The molecule has 6 heteroatoms. The average Bonchev–Trinajstić information content (AvgIpc) is 2.56. The third kappa shape index (κ3) is 2.42. The number of nitrogens with two attached hydrogens (primary N) is 1. The number of nitrogens with zero attached hydrogens (tertiary/aromatic N) is 3. The Hall–Kier alpha value is -2.57. The number of aromatic nitrogens is 3. The first-order chi connectivity index (χ1) is 10.3. The van der Waals surface area contributed by atoms with Crippen LogP contribution in [0.4, 0.5) is 0 Å². The predicted molar refractivity (Wildman–Crippen MR) is 79.5 cm³/mol. The standard InChI is InChI=1S/C15H15N5O/c1-21-15-14(18-8-9-19-15)13(20-16)11-6-7-17-12-5-3-2-4-10(11)12/h2-9,13,20H,16H2,1H3. The molecule has 0 aliphatic heterocycles. The molecule has 0 saturated carbocycles. The summed E-state index contributed by atoms with van der Waals surface area (Å²) >= 11 is 0. The van der Waals surface area contributed by atoms with Gasteiger partial charge in [-0.25, -0.2) is 10.4 Å². The maximum atomic E-state index is 5.76. The first-order valence-corrected chi connectivity index (χ1v) is 6.50. The summed E-state index contributed by atoms with van der Waals surface area (Å²) in [4.78, 5) is 12.9. The number of nitrogens with one attached hydrogen (secondary N) is 1. The summed E-state index contributed by atoms with van der Waals surface area (Å²) in [6.45, 7) is 0. The number of pyridine rings is 1. The van der Waals surface area contributed by atoms with E-state index in [-0.39, 0.29) is 6.04 Å². The summed E-state index contributed by atoms with van der Waals surface area (Å²) < 4.78 is 5.28. The minimum Gasteiger partial charge on any atom is -0.480 e. The van der Waals surface area contributed by atoms with Crippen molar-refractivity contribution in [2.75, 3.05) is 7.11 Å². The second-order valence-electron chi connectivity index (χ2n) is 4.47. The van der Waals surface area contributed by atoms with E-state index < -0.39 is 0 Å². The summed E-state index contributed by atoms with van der Waals surface area (Å²) in [5.74, 6) is 6.20. The summed E-state index contributed by atoms with van der Waals surface area (Å²) in [5.41, 5.74) is 5.30. The van der Waals surface area contributed by atoms with E-state index in [9.17, 15) is 0 Å². The molecule has 1 aromatic carbocycles. The summed E-state index contributed by atoms with van der Waals surface area (Å²) in [6, 6.07) is 9.47. The van der Waals surface area contributed by atoms with Gasteiger partial charge in [-0.15, -0.1) is 0 Å². The number of hydrogen-bond donors (Lipinski definition) is 2. The highest BCUT2D eigenvalue weighted by atomic mass is 16.5. The largest absolute Gasteiger partial charge is 0.480 e. The number of hydrazine groups is 1. The molecule has 2 aromatic heterocycles. The van der Waals surface area contributed by atoms with E-state index in [1.807, 2.05) is 30.3 Å². The molecule has 2 heterocycles. The molecule has 0 radical (unpaired) electrons. The van der Waals surface area contributed by atoms with Crippen molar-refractivity contribution in [1.82, 2.24) is 20.4 Å². The lowest BCUT2D eigenvalue weighted by molar-refractivity contribution is 0.383. The minimum atomic E-state index is -0.332. The molecule has 0 amide bonds. The van der Waals surface area contributed by atoms with Crippen LogP contribution in [-0.2, 0) is 0 Å². The number of ether oxygens (including phenoxy) is 1. The van der Waals surface area contributed by atoms with Gasteiger partial charge in [0.1, 0.15) is 5.69 Å². The molecule has 1 atom stereocenters. The molecule has 3 rings (SSSR count). The van der Waals surface area contributed by atoms with E-state index in [1.165, 1.54) is 0 Å². The molecule has 1 unspecified atom stereocenters. The van der Waals surface area contributed by atoms with Crippen LogP contribution in [0, 0.1) is 0 Å². The Balaban J connectivity index is 2.19. The van der Waals surface area contributed by atoms with E-state index in [2.05, 4.69) is 20.4 Å². The van der Waals surface area contributed by atoms with Crippen molar-refractivity contribution in [2.45, 2.75) is 6.04 Å². The number of para-hydroxylation sites is 1. The quantitative estimate of drug-likeness (QED) is 0.558. The molecule has 0 fully saturated rings. The van der Waals surface area contributed by atoms with Crippen molar-refractivity contribution in [3.05, 3.63) is 60.2 Å². The van der Waals surface area contributed by atoms with E-state index in [0.29, 0.717) is 11.6 Å². The maximum Gasteiger partial charge on any atom is 0.237 e. The van der Waals surface area contributed by atoms with Crippen LogP contribution in [0.25, 0.3) is 10.9 Å². The average molecular weight is 281 g/mol. The van der Waals surface area contributed by atoms with Gasteiger partial charge >= 0.3 is 0 Å². The van der Waals surface area contributed by atoms with Crippen molar-refractivity contribution in [2.24, 2.45) is 5.84 Å². The molecular weight excluding hydrogens is 266 g/mol. The first kappa shape index (κ1) is 13.4. The fraction of sp³-hybridized carbons (Fsp3) is 0.133. The number of fused-ring (bicyclic) bond motifs is 1. The van der Waals surface area contributed by atoms with E-state index in [0.717, 1.165) is 16.5 Å². The fourth-order valence-electron chi connectivity index (χ4n) is 2.38. The third-order valence-electron chi connectivity index (χ3n) is 3.32. The maximum absolute atomic E-state index is 5.76. The van der Waals surface area contributed by atoms with Gasteiger partial charge in [0.05, 0.1) is 18.7 Å². The number of rotatable bonds is 4. The highest BCUT2D eigenvalue weighted by molar-refractivity contribution is 5.82. The molecule has 3 N–H and O–H groups in total. The molecule has 0 aliphatic carbocycles. The lowest BCUT2D eigenvalue weighted by Gasteiger charge is -2.18. The fourth-order valence-corrected chi connectivity index (χ4v) is 2.38. The topological polar surface area (TPSA) is 86.0 Å². The SMILES string of the molecule is COc1nccnc1C(NN)c1ccnc2ccccc12. The van der Waals surface area contributed by atoms with Gasteiger partial charge in [0.25, 0.3) is 0 Å². The zero-order chi connectivity index (χ0) is 14.7. The van der Waals surface area contributed by atoms with Crippen molar-refractivity contribution in [3.8, 4) is 5.88 Å². The van der Waals surface area contributed by atoms with Crippen LogP contribution in [-0.4, -0.2) is 22.1 Å². The smallest absolute Gasteiger partial charge is 0.237 e. The van der Waals surface area contributed by atoms with Crippen LogP contribution in [0.15, 0.2) is 48.9 Å². The molecule has 3 aromatic rings. The zero-order valence-corrected chi connectivity index (χ0v) is 11.5. The molecule has 21 heavy (non-hydrogen) atoms. The second-order valence-corrected chi connectivity index (χ2v) is 4.47. The summed E-state index contributed by atoms with van der Waals surface area (Å²) in [7, 11) is 1.56. The second kappa shape index (κ2) is 5.82. The van der Waals surface area contributed by atoms with Crippen molar-refractivity contribution in [3.63, 3.8) is 0 Å². The van der Waals surface area contributed by atoms with Crippen LogP contribution in [0.2, 0.25) is 0 Å². The van der Waals surface area contributed by atoms with Crippen LogP contribution >= 0.6 is 0 Å². The van der Waals surface area contributed by atoms with Crippen LogP contribution in [0.3, 0.4) is 0 Å². The molecule has 106 valence electrons. The van der Waals surface area contributed by atoms with Gasteiger partial charge in [0, 0.05) is 24.0 Å². The van der Waals surface area contributed by atoms with Crippen LogP contribution in [0.1, 0.15) is 17.3 Å². The van der Waals surface area contributed by atoms with Gasteiger partial charge in [-0.1, -0.05) is 18.2 Å². The van der Waals surface area contributed by atoms with Gasteiger partial charge in [-0.3, -0.25) is 15.8 Å². The van der Waals surface area contributed by atoms with Crippen LogP contribution in [0.5, 0.6) is 5.88 Å². The Morgan fingerprint density at radius 1 is 1.05 bits per heavy atom. The lowest BCUT2D eigenvalue weighted by Crippen LogP contribution is -2.30. The lowest BCUT2D eigenvalue weighted by atomic mass is 10.00. The molecule has 0 saturated heterocycles. The monoisotopic (exact) mass is 281 g/mol. The zero-order valence-electron chi connectivity index (χ0n) is 11.5. The van der Waals surface area contributed by atoms with Gasteiger partial charge in [0.15, 0.2) is 0 Å². The molecule has 0 bridgehead atoms. The predicted octanol–water partition coefficient (Wildman–Crippen LogP) is 1.59. The summed E-state index contributed by atoms with van der Waals surface area (Å²) in [5, 5.41) is 1.01. The Kier molecular flexibility index (Phi) is 3.72. The van der Waals surface area contributed by atoms with Crippen molar-refractivity contribution in [1.29, 1.82) is 0 Å². The van der Waals surface area contributed by atoms with Gasteiger partial charge in [0.2, 0.25) is 5.88 Å². The summed E-state index contributed by atoms with van der Waals surface area (Å²) in [6.07, 6.45) is 4.96.